The molecular weight excluding hydrogens is 136 g/mol. The molecule has 3 aliphatic carbocycles. The number of ketones is 1. The van der Waals surface area contributed by atoms with Gasteiger partial charge in [-0.05, 0) is 30.1 Å². The average Bonchev–Trinajstić information content (AvgIpc) is 2.17. The Hall–Kier alpha value is -0.330. The van der Waals surface area contributed by atoms with Crippen molar-refractivity contribution in [2.75, 3.05) is 0 Å². The molecule has 3 fully saturated rings. The van der Waals surface area contributed by atoms with Gasteiger partial charge in [0.1, 0.15) is 5.78 Å². The Morgan fingerprint density at radius 1 is 1.36 bits per heavy atom. The second-order valence-corrected chi connectivity index (χ2v) is 4.73. The topological polar surface area (TPSA) is 17.1 Å². The molecule has 3 rings (SSSR count). The molecule has 0 N–H and O–H groups in total. The third kappa shape index (κ3) is 0.935. The van der Waals surface area contributed by atoms with Gasteiger partial charge >= 0.3 is 0 Å². The number of carbonyl (C=O) groups is 1. The zero-order valence-corrected chi connectivity index (χ0v) is 7.39. The van der Waals surface area contributed by atoms with Crippen LogP contribution in [0.2, 0.25) is 0 Å². The number of hydrogen-bond donors (Lipinski definition) is 0. The Kier molecular flexibility index (Phi) is 1.39. The highest BCUT2D eigenvalue weighted by molar-refractivity contribution is 5.79. The third-order valence-electron chi connectivity index (χ3n) is 3.92. The van der Waals surface area contributed by atoms with Crippen molar-refractivity contribution < 1.29 is 4.79 Å². The van der Waals surface area contributed by atoms with E-state index in [9.17, 15) is 4.79 Å². The lowest BCUT2D eigenvalue weighted by molar-refractivity contribution is -0.120. The lowest BCUT2D eigenvalue weighted by Crippen LogP contribution is -2.43. The Bertz CT molecular complexity index is 193. The smallest absolute Gasteiger partial charge is 0.133 e. The van der Waals surface area contributed by atoms with Gasteiger partial charge in [-0.1, -0.05) is 13.8 Å². The summed E-state index contributed by atoms with van der Waals surface area (Å²) < 4.78 is 0. The number of rotatable bonds is 0. The normalized spacial score (nSPS) is 41.1. The summed E-state index contributed by atoms with van der Waals surface area (Å²) in [4.78, 5) is 11.2. The first-order chi connectivity index (χ1) is 5.10. The van der Waals surface area contributed by atoms with Gasteiger partial charge in [0.25, 0.3) is 0 Å². The first kappa shape index (κ1) is 7.33. The van der Waals surface area contributed by atoms with Gasteiger partial charge in [-0.2, -0.15) is 0 Å². The van der Waals surface area contributed by atoms with Crippen LogP contribution in [-0.4, -0.2) is 5.78 Å². The molecule has 1 nitrogen and oxygen atoms in total. The van der Waals surface area contributed by atoms with Gasteiger partial charge in [-0.25, -0.2) is 0 Å². The second kappa shape index (κ2) is 2.09. The van der Waals surface area contributed by atoms with Crippen molar-refractivity contribution in [2.45, 2.75) is 39.5 Å². The summed E-state index contributed by atoms with van der Waals surface area (Å²) in [7, 11) is 0. The van der Waals surface area contributed by atoms with Crippen molar-refractivity contribution in [2.24, 2.45) is 17.3 Å². The van der Waals surface area contributed by atoms with Crippen LogP contribution in [0.3, 0.4) is 0 Å². The predicted octanol–water partition coefficient (Wildman–Crippen LogP) is 2.40. The van der Waals surface area contributed by atoms with Crippen molar-refractivity contribution in [3.63, 3.8) is 0 Å². The van der Waals surface area contributed by atoms with Gasteiger partial charge in [-0.15, -0.1) is 0 Å². The molecule has 0 aromatic heterocycles. The van der Waals surface area contributed by atoms with Crippen molar-refractivity contribution in [3.05, 3.63) is 0 Å². The van der Waals surface area contributed by atoms with Gasteiger partial charge in [0.15, 0.2) is 0 Å². The van der Waals surface area contributed by atoms with Gasteiger partial charge in [0.2, 0.25) is 0 Å². The summed E-state index contributed by atoms with van der Waals surface area (Å²) in [6.45, 7) is 4.65. The second-order valence-electron chi connectivity index (χ2n) is 4.73. The van der Waals surface area contributed by atoms with Crippen LogP contribution in [0.1, 0.15) is 39.5 Å². The lowest BCUT2D eigenvalue weighted by atomic mass is 9.54. The molecule has 0 radical (unpaired) electrons. The van der Waals surface area contributed by atoms with E-state index in [2.05, 4.69) is 13.8 Å². The molecule has 0 aromatic carbocycles. The number of fused-ring (bicyclic) bond motifs is 3. The molecule has 0 amide bonds. The molecule has 0 spiro atoms. The Morgan fingerprint density at radius 2 is 2.09 bits per heavy atom. The minimum Gasteiger partial charge on any atom is -0.300 e. The molecule has 3 aliphatic rings. The summed E-state index contributed by atoms with van der Waals surface area (Å²) in [6.07, 6.45) is 4.19. The molecule has 2 bridgehead atoms. The fourth-order valence-corrected chi connectivity index (χ4v) is 2.67. The minimum atomic E-state index is 0.478. The summed E-state index contributed by atoms with van der Waals surface area (Å²) >= 11 is 0. The molecule has 0 aromatic rings. The van der Waals surface area contributed by atoms with Gasteiger partial charge in [0.05, 0.1) is 0 Å². The summed E-state index contributed by atoms with van der Waals surface area (Å²) in [5.41, 5.74) is 0.478. The minimum absolute atomic E-state index is 0.478. The molecule has 1 heteroatoms. The average molecular weight is 152 g/mol. The predicted molar refractivity (Wildman–Crippen MR) is 44.2 cm³/mol. The Morgan fingerprint density at radius 3 is 2.73 bits per heavy atom. The molecule has 2 atom stereocenters. The maximum Gasteiger partial charge on any atom is 0.133 e. The molecule has 0 heterocycles. The van der Waals surface area contributed by atoms with Crippen LogP contribution in [0.15, 0.2) is 0 Å². The standard InChI is InChI=1S/C10H16O/c1-10(2)7-3-4-9(11)6-8(10)5-7/h7-8H,3-6H2,1-2H3/t7-,8-/m1/s1. The van der Waals surface area contributed by atoms with Crippen molar-refractivity contribution in [1.82, 2.24) is 0 Å². The zero-order chi connectivity index (χ0) is 8.06. The highest BCUT2D eigenvalue weighted by atomic mass is 16.1. The van der Waals surface area contributed by atoms with Crippen LogP contribution >= 0.6 is 0 Å². The van der Waals surface area contributed by atoms with Crippen LogP contribution in [0.4, 0.5) is 0 Å². The number of hydrogen-bond acceptors (Lipinski definition) is 1. The summed E-state index contributed by atoms with van der Waals surface area (Å²) in [6, 6.07) is 0. The highest BCUT2D eigenvalue weighted by Gasteiger charge is 2.49. The SMILES string of the molecule is CC1(C)[C@@H]2CCC(=O)C[C@H]1C2. The van der Waals surface area contributed by atoms with Crippen molar-refractivity contribution in [3.8, 4) is 0 Å². The molecule has 11 heavy (non-hydrogen) atoms. The van der Waals surface area contributed by atoms with Gasteiger partial charge in [0, 0.05) is 12.8 Å². The van der Waals surface area contributed by atoms with E-state index in [1.54, 1.807) is 0 Å². The van der Waals surface area contributed by atoms with Crippen LogP contribution in [0, 0.1) is 17.3 Å². The van der Waals surface area contributed by atoms with E-state index in [0.717, 1.165) is 25.2 Å². The molecule has 0 saturated heterocycles. The van der Waals surface area contributed by atoms with Crippen molar-refractivity contribution in [1.29, 1.82) is 0 Å². The first-order valence-electron chi connectivity index (χ1n) is 4.62. The molecule has 0 unspecified atom stereocenters. The lowest BCUT2D eigenvalue weighted by Gasteiger charge is -2.50. The van der Waals surface area contributed by atoms with Crippen molar-refractivity contribution >= 4 is 5.78 Å². The Balaban J connectivity index is 2.17. The fourth-order valence-electron chi connectivity index (χ4n) is 2.67. The van der Waals surface area contributed by atoms with E-state index in [1.807, 2.05) is 0 Å². The summed E-state index contributed by atoms with van der Waals surface area (Å²) in [5, 5.41) is 0. The van der Waals surface area contributed by atoms with E-state index in [1.165, 1.54) is 6.42 Å². The van der Waals surface area contributed by atoms with E-state index in [0.29, 0.717) is 17.1 Å². The van der Waals surface area contributed by atoms with Crippen LogP contribution in [-0.2, 0) is 4.79 Å². The van der Waals surface area contributed by atoms with Gasteiger partial charge < -0.3 is 0 Å². The number of Topliss-reactive ketones (excluding diaryl/α,β-unsaturated/α-hetero) is 1. The molecule has 0 aliphatic heterocycles. The summed E-state index contributed by atoms with van der Waals surface area (Å²) in [5.74, 6) is 2.06. The monoisotopic (exact) mass is 152 g/mol. The van der Waals surface area contributed by atoms with E-state index < -0.39 is 0 Å². The third-order valence-corrected chi connectivity index (χ3v) is 3.92. The fraction of sp³-hybridized carbons (Fsp3) is 0.900. The van der Waals surface area contributed by atoms with E-state index >= 15 is 0 Å². The first-order valence-corrected chi connectivity index (χ1v) is 4.62. The van der Waals surface area contributed by atoms with Crippen LogP contribution < -0.4 is 0 Å². The largest absolute Gasteiger partial charge is 0.300 e. The van der Waals surface area contributed by atoms with E-state index in [4.69, 9.17) is 0 Å². The molecular formula is C10H16O. The molecule has 62 valence electrons. The quantitative estimate of drug-likeness (QED) is 0.521. The Labute approximate surface area is 68.2 Å². The molecule has 3 saturated carbocycles. The maximum absolute atomic E-state index is 11.2. The number of carbonyl (C=O) groups excluding carboxylic acids is 1. The van der Waals surface area contributed by atoms with Gasteiger partial charge in [-0.3, -0.25) is 4.79 Å². The van der Waals surface area contributed by atoms with Crippen LogP contribution in [0.5, 0.6) is 0 Å². The van der Waals surface area contributed by atoms with Crippen LogP contribution in [0.25, 0.3) is 0 Å². The van der Waals surface area contributed by atoms with E-state index in [-0.39, 0.29) is 0 Å². The highest BCUT2D eigenvalue weighted by Crippen LogP contribution is 2.56. The maximum atomic E-state index is 11.2. The zero-order valence-electron chi connectivity index (χ0n) is 7.39.